The molecule has 0 atom stereocenters. The molecule has 0 fully saturated rings. The molecule has 2 aromatic rings. The number of nitrogen functional groups attached to an aromatic ring is 1. The number of carbonyl (C=O) groups excluding carboxylic acids is 1. The lowest BCUT2D eigenvalue weighted by Gasteiger charge is -2.17. The van der Waals surface area contributed by atoms with Gasteiger partial charge in [0.25, 0.3) is 0 Å². The van der Waals surface area contributed by atoms with Crippen molar-refractivity contribution in [1.82, 2.24) is 5.01 Å². The van der Waals surface area contributed by atoms with E-state index < -0.39 is 0 Å². The summed E-state index contributed by atoms with van der Waals surface area (Å²) in [6.07, 6.45) is 2.65. The van der Waals surface area contributed by atoms with E-state index in [4.69, 9.17) is 15.2 Å². The maximum absolute atomic E-state index is 12.2. The Labute approximate surface area is 151 Å². The lowest BCUT2D eigenvalue weighted by molar-refractivity contribution is -0.127. The number of rotatable bonds is 2. The van der Waals surface area contributed by atoms with Crippen molar-refractivity contribution in [3.05, 3.63) is 58.8 Å². The predicted molar refractivity (Wildman–Crippen MR) is 99.8 cm³/mol. The monoisotopic (exact) mass is 349 g/mol. The number of hydrogen-bond donors (Lipinski definition) is 1. The molecule has 0 bridgehead atoms. The molecule has 132 valence electrons. The normalized spacial score (nSPS) is 15.1. The molecule has 2 heterocycles. The molecule has 2 aliphatic rings. The van der Waals surface area contributed by atoms with Crippen molar-refractivity contribution in [2.24, 2.45) is 5.10 Å². The number of fused-ring (bicyclic) bond motifs is 2. The highest BCUT2D eigenvalue weighted by Crippen LogP contribution is 2.38. The van der Waals surface area contributed by atoms with Crippen molar-refractivity contribution in [2.45, 2.75) is 20.3 Å². The second-order valence-electron chi connectivity index (χ2n) is 6.18. The van der Waals surface area contributed by atoms with Crippen molar-refractivity contribution in [1.29, 1.82) is 0 Å². The van der Waals surface area contributed by atoms with Gasteiger partial charge in [-0.2, -0.15) is 5.10 Å². The molecule has 1 amide bonds. The highest BCUT2D eigenvalue weighted by atomic mass is 16.7. The fourth-order valence-corrected chi connectivity index (χ4v) is 3.12. The molecular formula is C20H19N3O3. The van der Waals surface area contributed by atoms with E-state index in [9.17, 15) is 4.79 Å². The van der Waals surface area contributed by atoms with Crippen LogP contribution < -0.4 is 15.2 Å². The van der Waals surface area contributed by atoms with Crippen LogP contribution in [0.25, 0.3) is 6.08 Å². The van der Waals surface area contributed by atoms with Crippen LogP contribution in [0.5, 0.6) is 11.5 Å². The maximum atomic E-state index is 12.2. The zero-order valence-electron chi connectivity index (χ0n) is 14.7. The van der Waals surface area contributed by atoms with E-state index in [1.165, 1.54) is 11.9 Å². The van der Waals surface area contributed by atoms with Gasteiger partial charge in [-0.15, -0.1) is 0 Å². The number of nitrogens with two attached hydrogens (primary N) is 1. The van der Waals surface area contributed by atoms with E-state index in [1.807, 2.05) is 49.4 Å². The Morgan fingerprint density at radius 1 is 1.19 bits per heavy atom. The molecule has 0 saturated heterocycles. The van der Waals surface area contributed by atoms with Crippen LogP contribution in [0.3, 0.4) is 0 Å². The Bertz CT molecular complexity index is 946. The van der Waals surface area contributed by atoms with E-state index in [0.29, 0.717) is 29.3 Å². The fraction of sp³-hybridized carbons (Fsp3) is 0.200. The first-order valence-electron chi connectivity index (χ1n) is 8.46. The van der Waals surface area contributed by atoms with Crippen LogP contribution in [0, 0.1) is 0 Å². The van der Waals surface area contributed by atoms with Crippen LogP contribution in [-0.4, -0.2) is 23.4 Å². The topological polar surface area (TPSA) is 77.2 Å². The third-order valence-corrected chi connectivity index (χ3v) is 4.44. The SMILES string of the molecule is CCC1=Cc2cc3c(cc2C(c2ccc(N)cc2)=NN1C(C)=O)OCO3. The number of amides is 1. The Balaban J connectivity index is 1.97. The molecule has 0 spiro atoms. The molecule has 26 heavy (non-hydrogen) atoms. The molecule has 2 aliphatic heterocycles. The smallest absolute Gasteiger partial charge is 0.243 e. The fourth-order valence-electron chi connectivity index (χ4n) is 3.12. The summed E-state index contributed by atoms with van der Waals surface area (Å²) >= 11 is 0. The number of hydrogen-bond acceptors (Lipinski definition) is 5. The van der Waals surface area contributed by atoms with Crippen molar-refractivity contribution >= 4 is 23.4 Å². The predicted octanol–water partition coefficient (Wildman–Crippen LogP) is 3.36. The third-order valence-electron chi connectivity index (χ3n) is 4.44. The van der Waals surface area contributed by atoms with Crippen molar-refractivity contribution in [2.75, 3.05) is 12.5 Å². The largest absolute Gasteiger partial charge is 0.454 e. The minimum Gasteiger partial charge on any atom is -0.454 e. The van der Waals surface area contributed by atoms with Gasteiger partial charge in [0.15, 0.2) is 11.5 Å². The number of benzene rings is 2. The molecule has 0 radical (unpaired) electrons. The molecule has 2 aromatic carbocycles. The summed E-state index contributed by atoms with van der Waals surface area (Å²) in [5.41, 5.74) is 10.7. The molecule has 0 saturated carbocycles. The second kappa shape index (κ2) is 6.22. The van der Waals surface area contributed by atoms with Gasteiger partial charge in [0.2, 0.25) is 12.7 Å². The number of carbonyl (C=O) groups is 1. The quantitative estimate of drug-likeness (QED) is 0.844. The molecule has 6 heteroatoms. The van der Waals surface area contributed by atoms with Crippen LogP contribution >= 0.6 is 0 Å². The Morgan fingerprint density at radius 2 is 1.88 bits per heavy atom. The summed E-state index contributed by atoms with van der Waals surface area (Å²) in [6.45, 7) is 3.71. The lowest BCUT2D eigenvalue weighted by Crippen LogP contribution is -2.23. The lowest BCUT2D eigenvalue weighted by atomic mass is 9.96. The molecule has 4 rings (SSSR count). The van der Waals surface area contributed by atoms with Gasteiger partial charge in [-0.05, 0) is 42.3 Å². The third kappa shape index (κ3) is 2.69. The van der Waals surface area contributed by atoms with E-state index >= 15 is 0 Å². The van der Waals surface area contributed by atoms with Crippen LogP contribution in [-0.2, 0) is 4.79 Å². The highest BCUT2D eigenvalue weighted by Gasteiger charge is 2.25. The number of nitrogens with zero attached hydrogens (tertiary/aromatic N) is 2. The van der Waals surface area contributed by atoms with Crippen molar-refractivity contribution in [3.63, 3.8) is 0 Å². The average molecular weight is 349 g/mol. The van der Waals surface area contributed by atoms with Crippen molar-refractivity contribution in [3.8, 4) is 11.5 Å². The number of hydrazone groups is 1. The summed E-state index contributed by atoms with van der Waals surface area (Å²) in [4.78, 5) is 12.2. The summed E-state index contributed by atoms with van der Waals surface area (Å²) in [5.74, 6) is 1.23. The van der Waals surface area contributed by atoms with Crippen LogP contribution in [0.2, 0.25) is 0 Å². The summed E-state index contributed by atoms with van der Waals surface area (Å²) in [5, 5.41) is 6.15. The van der Waals surface area contributed by atoms with Crippen LogP contribution in [0.4, 0.5) is 5.69 Å². The second-order valence-corrected chi connectivity index (χ2v) is 6.18. The minimum absolute atomic E-state index is 0.140. The first-order valence-corrected chi connectivity index (χ1v) is 8.46. The zero-order valence-corrected chi connectivity index (χ0v) is 14.7. The van der Waals surface area contributed by atoms with E-state index in [0.717, 1.165) is 22.4 Å². The van der Waals surface area contributed by atoms with Crippen molar-refractivity contribution < 1.29 is 14.3 Å². The Morgan fingerprint density at radius 3 is 2.54 bits per heavy atom. The standard InChI is InChI=1S/C20H19N3O3/c1-3-16-8-14-9-18-19(26-11-25-18)10-17(14)20(22-23(16)12(2)24)13-4-6-15(21)7-5-13/h4-10H,3,11,21H2,1-2H3. The molecular weight excluding hydrogens is 330 g/mol. The van der Waals surface area contributed by atoms with Crippen LogP contribution in [0.1, 0.15) is 37.0 Å². The van der Waals surface area contributed by atoms with Gasteiger partial charge >= 0.3 is 0 Å². The molecule has 0 unspecified atom stereocenters. The van der Waals surface area contributed by atoms with Gasteiger partial charge in [0, 0.05) is 29.4 Å². The van der Waals surface area contributed by atoms with Gasteiger partial charge in [-0.25, -0.2) is 5.01 Å². The van der Waals surface area contributed by atoms with Gasteiger partial charge in [0.1, 0.15) is 0 Å². The Hall–Kier alpha value is -3.28. The van der Waals surface area contributed by atoms with E-state index in [2.05, 4.69) is 5.10 Å². The maximum Gasteiger partial charge on any atom is 0.243 e. The van der Waals surface area contributed by atoms with Gasteiger partial charge in [0.05, 0.1) is 5.71 Å². The summed E-state index contributed by atoms with van der Waals surface area (Å²) < 4.78 is 11.1. The first-order chi connectivity index (χ1) is 12.6. The first kappa shape index (κ1) is 16.2. The Kier molecular flexibility index (Phi) is 3.88. The average Bonchev–Trinajstić information content (AvgIpc) is 3.01. The zero-order chi connectivity index (χ0) is 18.3. The molecule has 6 nitrogen and oxygen atoms in total. The molecule has 0 aliphatic carbocycles. The van der Waals surface area contributed by atoms with E-state index in [-0.39, 0.29) is 12.7 Å². The van der Waals surface area contributed by atoms with Gasteiger partial charge < -0.3 is 15.2 Å². The summed E-state index contributed by atoms with van der Waals surface area (Å²) in [7, 11) is 0. The summed E-state index contributed by atoms with van der Waals surface area (Å²) in [6, 6.07) is 11.3. The van der Waals surface area contributed by atoms with Crippen LogP contribution in [0.15, 0.2) is 47.2 Å². The minimum atomic E-state index is -0.140. The molecule has 0 aromatic heterocycles. The number of ether oxygens (including phenoxy) is 2. The van der Waals surface area contributed by atoms with Gasteiger partial charge in [-0.3, -0.25) is 4.79 Å². The highest BCUT2D eigenvalue weighted by molar-refractivity contribution is 6.16. The number of anilines is 1. The van der Waals surface area contributed by atoms with Gasteiger partial charge in [-0.1, -0.05) is 19.1 Å². The molecule has 2 N–H and O–H groups in total. The number of allylic oxidation sites excluding steroid dienone is 1. The van der Waals surface area contributed by atoms with E-state index in [1.54, 1.807) is 0 Å².